The van der Waals surface area contributed by atoms with Gasteiger partial charge >= 0.3 is 5.97 Å². The second-order valence-corrected chi connectivity index (χ2v) is 6.88. The molecule has 3 nitrogen and oxygen atoms in total. The van der Waals surface area contributed by atoms with Gasteiger partial charge in [-0.25, -0.2) is 4.79 Å². The first-order valence-corrected chi connectivity index (χ1v) is 7.98. The molecule has 2 aromatic carbocycles. The summed E-state index contributed by atoms with van der Waals surface area (Å²) < 4.78 is 0. The maximum Gasteiger partial charge on any atom is 0.335 e. The normalized spacial score (nSPS) is 11.4. The molecule has 0 bridgehead atoms. The van der Waals surface area contributed by atoms with Crippen molar-refractivity contribution in [2.24, 2.45) is 0 Å². The first kappa shape index (κ1) is 17.2. The summed E-state index contributed by atoms with van der Waals surface area (Å²) in [5, 5.41) is 12.3. The van der Waals surface area contributed by atoms with Crippen LogP contribution in [0.25, 0.3) is 0 Å². The molecule has 2 N–H and O–H groups in total. The van der Waals surface area contributed by atoms with Crippen LogP contribution in [0.3, 0.4) is 0 Å². The molecule has 0 spiro atoms. The Kier molecular flexibility index (Phi) is 5.56. The molecule has 3 heteroatoms. The summed E-state index contributed by atoms with van der Waals surface area (Å²) in [7, 11) is 0. The Bertz CT molecular complexity index is 637. The van der Waals surface area contributed by atoms with Crippen molar-refractivity contribution in [2.75, 3.05) is 6.54 Å². The number of benzene rings is 2. The molecule has 0 saturated carbocycles. The van der Waals surface area contributed by atoms with Gasteiger partial charge in [-0.1, -0.05) is 57.2 Å². The molecule has 0 aliphatic rings. The lowest BCUT2D eigenvalue weighted by molar-refractivity contribution is 0.0697. The topological polar surface area (TPSA) is 49.3 Å². The predicted octanol–water partition coefficient (Wildman–Crippen LogP) is 4.01. The molecule has 0 radical (unpaired) electrons. The van der Waals surface area contributed by atoms with E-state index in [1.54, 1.807) is 12.1 Å². The highest BCUT2D eigenvalue weighted by Gasteiger charge is 2.12. The third-order valence-corrected chi connectivity index (χ3v) is 3.94. The van der Waals surface area contributed by atoms with Crippen LogP contribution in [0.15, 0.2) is 48.5 Å². The molecular formula is C20H25NO2. The molecule has 0 fully saturated rings. The zero-order valence-corrected chi connectivity index (χ0v) is 14.1. The Hall–Kier alpha value is -2.13. The third kappa shape index (κ3) is 5.22. The van der Waals surface area contributed by atoms with Gasteiger partial charge in [0.1, 0.15) is 0 Å². The largest absolute Gasteiger partial charge is 0.478 e. The quantitative estimate of drug-likeness (QED) is 0.792. The minimum atomic E-state index is -0.886. The van der Waals surface area contributed by atoms with Crippen LogP contribution >= 0.6 is 0 Å². The summed E-state index contributed by atoms with van der Waals surface area (Å²) in [6, 6.07) is 15.8. The van der Waals surface area contributed by atoms with Crippen molar-refractivity contribution in [1.82, 2.24) is 5.32 Å². The van der Waals surface area contributed by atoms with Gasteiger partial charge in [-0.2, -0.15) is 0 Å². The second-order valence-electron chi connectivity index (χ2n) is 6.88. The van der Waals surface area contributed by atoms with Crippen LogP contribution in [0, 0.1) is 0 Å². The molecular weight excluding hydrogens is 286 g/mol. The number of aromatic carboxylic acids is 1. The van der Waals surface area contributed by atoms with Gasteiger partial charge in [0.2, 0.25) is 0 Å². The lowest BCUT2D eigenvalue weighted by atomic mass is 9.86. The monoisotopic (exact) mass is 311 g/mol. The number of carboxylic acid groups (broad SMARTS) is 1. The van der Waals surface area contributed by atoms with E-state index >= 15 is 0 Å². The van der Waals surface area contributed by atoms with Gasteiger partial charge in [-0.15, -0.1) is 0 Å². The average molecular weight is 311 g/mol. The maximum absolute atomic E-state index is 10.8. The molecule has 0 aromatic heterocycles. The SMILES string of the molecule is CC(C)(C)c1ccc(CCNCc2ccc(C(=O)O)cc2)cc1. The number of rotatable bonds is 6. The van der Waals surface area contributed by atoms with Crippen LogP contribution in [-0.4, -0.2) is 17.6 Å². The summed E-state index contributed by atoms with van der Waals surface area (Å²) in [5.74, 6) is -0.886. The standard InChI is InChI=1S/C20H25NO2/c1-20(2,3)18-10-6-15(7-11-18)12-13-21-14-16-4-8-17(9-5-16)19(22)23/h4-11,21H,12-14H2,1-3H3,(H,22,23). The molecule has 23 heavy (non-hydrogen) atoms. The van der Waals surface area contributed by atoms with E-state index < -0.39 is 5.97 Å². The number of nitrogens with one attached hydrogen (secondary N) is 1. The zero-order chi connectivity index (χ0) is 16.9. The van der Waals surface area contributed by atoms with Gasteiger partial charge in [0.05, 0.1) is 5.56 Å². The van der Waals surface area contributed by atoms with Gasteiger partial charge in [-0.05, 0) is 47.2 Å². The third-order valence-electron chi connectivity index (χ3n) is 3.94. The number of hydrogen-bond acceptors (Lipinski definition) is 2. The molecule has 0 aliphatic heterocycles. The highest BCUT2D eigenvalue weighted by atomic mass is 16.4. The molecule has 2 aromatic rings. The Morgan fingerprint density at radius 1 is 0.957 bits per heavy atom. The number of carboxylic acids is 1. The van der Waals surface area contributed by atoms with Gasteiger partial charge in [-0.3, -0.25) is 0 Å². The van der Waals surface area contributed by atoms with E-state index in [0.717, 1.165) is 25.1 Å². The summed E-state index contributed by atoms with van der Waals surface area (Å²) in [6.45, 7) is 8.31. The fourth-order valence-electron chi connectivity index (χ4n) is 2.40. The highest BCUT2D eigenvalue weighted by molar-refractivity contribution is 5.87. The van der Waals surface area contributed by atoms with Crippen LogP contribution in [0.4, 0.5) is 0 Å². The van der Waals surface area contributed by atoms with E-state index in [1.165, 1.54) is 11.1 Å². The van der Waals surface area contributed by atoms with Crippen LogP contribution in [0.2, 0.25) is 0 Å². The van der Waals surface area contributed by atoms with Crippen LogP contribution in [0.1, 0.15) is 47.8 Å². The van der Waals surface area contributed by atoms with E-state index in [2.05, 4.69) is 50.4 Å². The molecule has 0 saturated heterocycles. The Balaban J connectivity index is 1.78. The van der Waals surface area contributed by atoms with E-state index in [-0.39, 0.29) is 5.41 Å². The molecule has 0 atom stereocenters. The zero-order valence-electron chi connectivity index (χ0n) is 14.1. The van der Waals surface area contributed by atoms with Gasteiger partial charge in [0, 0.05) is 6.54 Å². The lowest BCUT2D eigenvalue weighted by Crippen LogP contribution is -2.17. The molecule has 122 valence electrons. The number of hydrogen-bond donors (Lipinski definition) is 2. The van der Waals surface area contributed by atoms with Crippen molar-refractivity contribution < 1.29 is 9.90 Å². The Morgan fingerprint density at radius 2 is 1.52 bits per heavy atom. The second kappa shape index (κ2) is 7.42. The van der Waals surface area contributed by atoms with Crippen molar-refractivity contribution in [3.8, 4) is 0 Å². The fourth-order valence-corrected chi connectivity index (χ4v) is 2.40. The van der Waals surface area contributed by atoms with Gasteiger partial charge < -0.3 is 10.4 Å². The van der Waals surface area contributed by atoms with Crippen LogP contribution in [-0.2, 0) is 18.4 Å². The Labute approximate surface area is 138 Å². The first-order chi connectivity index (χ1) is 10.9. The molecule has 0 unspecified atom stereocenters. The van der Waals surface area contributed by atoms with Crippen molar-refractivity contribution in [3.05, 3.63) is 70.8 Å². The molecule has 0 heterocycles. The van der Waals surface area contributed by atoms with E-state index in [9.17, 15) is 4.79 Å². The lowest BCUT2D eigenvalue weighted by Gasteiger charge is -2.19. The van der Waals surface area contributed by atoms with E-state index in [0.29, 0.717) is 5.56 Å². The molecule has 0 aliphatic carbocycles. The summed E-state index contributed by atoms with van der Waals surface area (Å²) >= 11 is 0. The van der Waals surface area contributed by atoms with E-state index in [4.69, 9.17) is 5.11 Å². The minimum absolute atomic E-state index is 0.193. The van der Waals surface area contributed by atoms with Gasteiger partial charge in [0.15, 0.2) is 0 Å². The minimum Gasteiger partial charge on any atom is -0.478 e. The molecule has 2 rings (SSSR count). The number of carbonyl (C=O) groups is 1. The van der Waals surface area contributed by atoms with Gasteiger partial charge in [0.25, 0.3) is 0 Å². The Morgan fingerprint density at radius 3 is 2.04 bits per heavy atom. The van der Waals surface area contributed by atoms with Crippen molar-refractivity contribution in [2.45, 2.75) is 39.2 Å². The summed E-state index contributed by atoms with van der Waals surface area (Å²) in [4.78, 5) is 10.8. The average Bonchev–Trinajstić information content (AvgIpc) is 2.51. The van der Waals surface area contributed by atoms with E-state index in [1.807, 2.05) is 12.1 Å². The predicted molar refractivity (Wildman–Crippen MR) is 94.0 cm³/mol. The van der Waals surface area contributed by atoms with Crippen LogP contribution < -0.4 is 5.32 Å². The molecule has 0 amide bonds. The summed E-state index contributed by atoms with van der Waals surface area (Å²) in [6.07, 6.45) is 0.984. The highest BCUT2D eigenvalue weighted by Crippen LogP contribution is 2.22. The smallest absolute Gasteiger partial charge is 0.335 e. The van der Waals surface area contributed by atoms with Crippen molar-refractivity contribution in [3.63, 3.8) is 0 Å². The summed E-state index contributed by atoms with van der Waals surface area (Å²) in [5.41, 5.74) is 4.30. The van der Waals surface area contributed by atoms with Crippen molar-refractivity contribution in [1.29, 1.82) is 0 Å². The van der Waals surface area contributed by atoms with Crippen molar-refractivity contribution >= 4 is 5.97 Å². The van der Waals surface area contributed by atoms with Crippen LogP contribution in [0.5, 0.6) is 0 Å². The first-order valence-electron chi connectivity index (χ1n) is 7.98. The fraction of sp³-hybridized carbons (Fsp3) is 0.350. The maximum atomic E-state index is 10.8.